The zero-order valence-corrected chi connectivity index (χ0v) is 10.4. The van der Waals surface area contributed by atoms with Gasteiger partial charge < -0.3 is 0 Å². The van der Waals surface area contributed by atoms with Gasteiger partial charge >= 0.3 is 0 Å². The highest BCUT2D eigenvalue weighted by molar-refractivity contribution is 6.51. The monoisotopic (exact) mass is 258 g/mol. The van der Waals surface area contributed by atoms with Crippen molar-refractivity contribution in [3.63, 3.8) is 0 Å². The van der Waals surface area contributed by atoms with E-state index in [-0.39, 0.29) is 0 Å². The van der Waals surface area contributed by atoms with Crippen LogP contribution in [0.2, 0.25) is 20.1 Å². The van der Waals surface area contributed by atoms with Crippen molar-refractivity contribution in [2.75, 3.05) is 0 Å². The summed E-state index contributed by atoms with van der Waals surface area (Å²) in [6.07, 6.45) is 1.25. The average Bonchev–Trinajstić information content (AvgIpc) is 2.10. The lowest BCUT2D eigenvalue weighted by Gasteiger charge is -1.98. The van der Waals surface area contributed by atoms with Gasteiger partial charge in [-0.1, -0.05) is 66.7 Å². The molecule has 0 atom stereocenters. The second-order valence-electron chi connectivity index (χ2n) is 2.36. The van der Waals surface area contributed by atoms with E-state index in [1.54, 1.807) is 12.1 Å². The van der Waals surface area contributed by atoms with Crippen LogP contribution in [0.25, 0.3) is 0 Å². The molecule has 0 aliphatic rings. The molecule has 0 bridgehead atoms. The Hall–Kier alpha value is 0.380. The molecule has 0 aliphatic heterocycles. The number of halogens is 4. The van der Waals surface area contributed by atoms with Gasteiger partial charge in [0.2, 0.25) is 0 Å². The van der Waals surface area contributed by atoms with E-state index < -0.39 is 0 Å². The molecule has 1 rings (SSSR count). The van der Waals surface area contributed by atoms with E-state index in [9.17, 15) is 0 Å². The number of benzene rings is 1. The maximum absolute atomic E-state index is 5.63. The SMILES string of the molecule is CCC.Clc1ccc(Cl)c(Cl)c1Cl. The smallest absolute Gasteiger partial charge is 0.0793 e. The average molecular weight is 260 g/mol. The molecule has 0 heterocycles. The number of rotatable bonds is 0. The molecule has 0 amide bonds. The first-order valence-electron chi connectivity index (χ1n) is 3.83. The summed E-state index contributed by atoms with van der Waals surface area (Å²) in [6, 6.07) is 3.19. The van der Waals surface area contributed by atoms with Gasteiger partial charge in [-0.15, -0.1) is 0 Å². The van der Waals surface area contributed by atoms with Crippen molar-refractivity contribution >= 4 is 46.4 Å². The van der Waals surface area contributed by atoms with Crippen molar-refractivity contribution < 1.29 is 0 Å². The highest BCUT2D eigenvalue weighted by Crippen LogP contribution is 2.34. The van der Waals surface area contributed by atoms with Crippen LogP contribution in [0.15, 0.2) is 12.1 Å². The van der Waals surface area contributed by atoms with E-state index in [4.69, 9.17) is 46.4 Å². The highest BCUT2D eigenvalue weighted by Gasteiger charge is 2.05. The molecule has 1 aromatic rings. The minimum atomic E-state index is 0.302. The third kappa shape index (κ3) is 4.42. The van der Waals surface area contributed by atoms with Crippen molar-refractivity contribution in [1.29, 1.82) is 0 Å². The lowest BCUT2D eigenvalue weighted by Crippen LogP contribution is -1.71. The summed E-state index contributed by atoms with van der Waals surface area (Å²) in [4.78, 5) is 0. The minimum Gasteiger partial charge on any atom is -0.0827 e. The molecule has 0 aliphatic carbocycles. The van der Waals surface area contributed by atoms with E-state index >= 15 is 0 Å². The Balaban J connectivity index is 0.000000424. The van der Waals surface area contributed by atoms with Gasteiger partial charge in [-0.05, 0) is 12.1 Å². The van der Waals surface area contributed by atoms with E-state index in [2.05, 4.69) is 13.8 Å². The molecule has 0 unspecified atom stereocenters. The molecule has 13 heavy (non-hydrogen) atoms. The lowest BCUT2D eigenvalue weighted by atomic mass is 10.4. The fraction of sp³-hybridized carbons (Fsp3) is 0.333. The maximum atomic E-state index is 5.63. The molecule has 0 saturated heterocycles. The Kier molecular flexibility index (Phi) is 6.98. The summed E-state index contributed by atoms with van der Waals surface area (Å²) < 4.78 is 0. The van der Waals surface area contributed by atoms with Crippen molar-refractivity contribution in [3.05, 3.63) is 32.2 Å². The molecule has 0 fully saturated rings. The molecule has 74 valence electrons. The maximum Gasteiger partial charge on any atom is 0.0793 e. The van der Waals surface area contributed by atoms with Crippen LogP contribution in [0.1, 0.15) is 20.3 Å². The molecule has 0 radical (unpaired) electrons. The van der Waals surface area contributed by atoms with E-state index in [0.717, 1.165) is 0 Å². The van der Waals surface area contributed by atoms with Crippen LogP contribution in [0.4, 0.5) is 0 Å². The van der Waals surface area contributed by atoms with Gasteiger partial charge in [0.1, 0.15) is 0 Å². The van der Waals surface area contributed by atoms with Crippen LogP contribution < -0.4 is 0 Å². The van der Waals surface area contributed by atoms with Gasteiger partial charge in [-0.2, -0.15) is 0 Å². The Bertz CT molecular complexity index is 244. The fourth-order valence-corrected chi connectivity index (χ4v) is 1.24. The zero-order valence-electron chi connectivity index (χ0n) is 7.37. The second kappa shape index (κ2) is 6.78. The minimum absolute atomic E-state index is 0.302. The number of hydrogen-bond acceptors (Lipinski definition) is 0. The zero-order chi connectivity index (χ0) is 10.4. The van der Waals surface area contributed by atoms with Gasteiger partial charge in [0.15, 0.2) is 0 Å². The largest absolute Gasteiger partial charge is 0.0827 e. The Morgan fingerprint density at radius 1 is 0.846 bits per heavy atom. The van der Waals surface area contributed by atoms with E-state index in [1.807, 2.05) is 0 Å². The third-order valence-electron chi connectivity index (χ3n) is 0.988. The lowest BCUT2D eigenvalue weighted by molar-refractivity contribution is 1.09. The van der Waals surface area contributed by atoms with Crippen LogP contribution in [0, 0.1) is 0 Å². The van der Waals surface area contributed by atoms with Gasteiger partial charge in [0, 0.05) is 0 Å². The van der Waals surface area contributed by atoms with Crippen LogP contribution in [-0.4, -0.2) is 0 Å². The van der Waals surface area contributed by atoms with Crippen molar-refractivity contribution in [2.45, 2.75) is 20.3 Å². The van der Waals surface area contributed by atoms with E-state index in [1.165, 1.54) is 6.42 Å². The summed E-state index contributed by atoms with van der Waals surface area (Å²) in [7, 11) is 0. The Morgan fingerprint density at radius 3 is 1.31 bits per heavy atom. The first-order valence-corrected chi connectivity index (χ1v) is 5.34. The van der Waals surface area contributed by atoms with Gasteiger partial charge in [0.25, 0.3) is 0 Å². The van der Waals surface area contributed by atoms with Crippen molar-refractivity contribution in [1.82, 2.24) is 0 Å². The molecule has 0 nitrogen and oxygen atoms in total. The molecule has 4 heteroatoms. The summed E-state index contributed by atoms with van der Waals surface area (Å²) in [6.45, 7) is 4.25. The summed E-state index contributed by atoms with van der Waals surface area (Å²) in [5.41, 5.74) is 0. The Morgan fingerprint density at radius 2 is 1.08 bits per heavy atom. The molecular formula is C9H10Cl4. The van der Waals surface area contributed by atoms with Crippen LogP contribution in [0.5, 0.6) is 0 Å². The molecule has 0 saturated carbocycles. The second-order valence-corrected chi connectivity index (χ2v) is 3.93. The fourth-order valence-electron chi connectivity index (χ4n) is 0.502. The third-order valence-corrected chi connectivity index (χ3v) is 2.69. The molecule has 0 aromatic heterocycles. The molecule has 0 spiro atoms. The number of hydrogen-bond donors (Lipinski definition) is 0. The predicted octanol–water partition coefficient (Wildman–Crippen LogP) is 5.72. The quantitative estimate of drug-likeness (QED) is 0.413. The summed E-state index contributed by atoms with van der Waals surface area (Å²) >= 11 is 22.5. The Labute approximate surface area is 98.7 Å². The summed E-state index contributed by atoms with van der Waals surface area (Å²) in [5.74, 6) is 0. The molecular weight excluding hydrogens is 250 g/mol. The van der Waals surface area contributed by atoms with Gasteiger partial charge in [-0.25, -0.2) is 0 Å². The summed E-state index contributed by atoms with van der Waals surface area (Å²) in [5, 5.41) is 1.43. The standard InChI is InChI=1S/C6H2Cl4.C3H8/c7-3-1-2-4(8)6(10)5(3)9;1-3-2/h1-2H;3H2,1-2H3. The first kappa shape index (κ1) is 13.4. The predicted molar refractivity (Wildman–Crippen MR) is 62.4 cm³/mol. The molecule has 1 aromatic carbocycles. The van der Waals surface area contributed by atoms with Crippen molar-refractivity contribution in [3.8, 4) is 0 Å². The van der Waals surface area contributed by atoms with Gasteiger partial charge in [-0.3, -0.25) is 0 Å². The van der Waals surface area contributed by atoms with Crippen LogP contribution in [0.3, 0.4) is 0 Å². The van der Waals surface area contributed by atoms with Crippen LogP contribution in [-0.2, 0) is 0 Å². The normalized spacial score (nSPS) is 9.08. The van der Waals surface area contributed by atoms with Crippen LogP contribution >= 0.6 is 46.4 Å². The van der Waals surface area contributed by atoms with Gasteiger partial charge in [0.05, 0.1) is 20.1 Å². The first-order chi connectivity index (χ1) is 6.04. The topological polar surface area (TPSA) is 0 Å². The molecule has 0 N–H and O–H groups in total. The van der Waals surface area contributed by atoms with Crippen molar-refractivity contribution in [2.24, 2.45) is 0 Å². The van der Waals surface area contributed by atoms with E-state index in [0.29, 0.717) is 20.1 Å². The highest BCUT2D eigenvalue weighted by atomic mass is 35.5.